The highest BCUT2D eigenvalue weighted by atomic mass is 32.2. The van der Waals surface area contributed by atoms with E-state index in [0.29, 0.717) is 25.0 Å². The van der Waals surface area contributed by atoms with Crippen LogP contribution in [0.5, 0.6) is 0 Å². The molecule has 0 amide bonds. The number of halogens is 3. The van der Waals surface area contributed by atoms with Crippen LogP contribution in [0.4, 0.5) is 13.2 Å². The summed E-state index contributed by atoms with van der Waals surface area (Å²) >= 11 is 0. The van der Waals surface area contributed by atoms with Crippen LogP contribution in [0.25, 0.3) is 0 Å². The molecule has 0 bridgehead atoms. The lowest BCUT2D eigenvalue weighted by Gasteiger charge is -2.28. The molecule has 2 rings (SSSR count). The first-order chi connectivity index (χ1) is 8.83. The van der Waals surface area contributed by atoms with E-state index in [1.807, 2.05) is 0 Å². The fourth-order valence-corrected chi connectivity index (χ4v) is 4.46. The van der Waals surface area contributed by atoms with Gasteiger partial charge in [-0.05, 0) is 12.8 Å². The van der Waals surface area contributed by atoms with Gasteiger partial charge in [-0.2, -0.15) is 0 Å². The predicted molar refractivity (Wildman–Crippen MR) is 64.7 cm³/mol. The summed E-state index contributed by atoms with van der Waals surface area (Å²) < 4.78 is 63.8. The molecule has 0 aromatic heterocycles. The number of sulfone groups is 1. The number of benzene rings is 1. The van der Waals surface area contributed by atoms with E-state index < -0.39 is 44.1 Å². The van der Waals surface area contributed by atoms with Crippen molar-refractivity contribution in [1.29, 1.82) is 0 Å². The Hall–Kier alpha value is -1.08. The van der Waals surface area contributed by atoms with E-state index in [1.165, 1.54) is 0 Å². The smallest absolute Gasteiger partial charge is 0.155 e. The van der Waals surface area contributed by atoms with Gasteiger partial charge in [0.2, 0.25) is 0 Å². The fourth-order valence-electron chi connectivity index (χ4n) is 2.44. The molecule has 2 unspecified atom stereocenters. The van der Waals surface area contributed by atoms with Crippen LogP contribution >= 0.6 is 0 Å². The molecule has 106 valence electrons. The van der Waals surface area contributed by atoms with Gasteiger partial charge >= 0.3 is 0 Å². The van der Waals surface area contributed by atoms with Crippen LogP contribution in [0.3, 0.4) is 0 Å². The average molecular weight is 293 g/mol. The molecule has 19 heavy (non-hydrogen) atoms. The zero-order chi connectivity index (χ0) is 14.2. The van der Waals surface area contributed by atoms with Crippen molar-refractivity contribution in [2.24, 2.45) is 5.73 Å². The van der Waals surface area contributed by atoms with E-state index in [1.54, 1.807) is 0 Å². The molecule has 1 fully saturated rings. The minimum Gasteiger partial charge on any atom is -0.323 e. The Balaban J connectivity index is 2.42. The van der Waals surface area contributed by atoms with E-state index in [0.717, 1.165) is 0 Å². The molecule has 2 N–H and O–H groups in total. The molecule has 1 saturated heterocycles. The molecule has 1 heterocycles. The molecule has 1 aromatic carbocycles. The van der Waals surface area contributed by atoms with Gasteiger partial charge < -0.3 is 5.73 Å². The summed E-state index contributed by atoms with van der Waals surface area (Å²) in [4.78, 5) is 0. The molecule has 0 radical (unpaired) electrons. The summed E-state index contributed by atoms with van der Waals surface area (Å²) in [5.74, 6) is -3.38. The van der Waals surface area contributed by atoms with Gasteiger partial charge in [0, 0.05) is 17.7 Å². The highest BCUT2D eigenvalue weighted by Crippen LogP contribution is 2.31. The second-order valence-corrected chi connectivity index (χ2v) is 7.05. The Morgan fingerprint density at radius 1 is 1.16 bits per heavy atom. The van der Waals surface area contributed by atoms with Crippen molar-refractivity contribution in [3.63, 3.8) is 0 Å². The van der Waals surface area contributed by atoms with E-state index >= 15 is 0 Å². The lowest BCUT2D eigenvalue weighted by atomic mass is 9.99. The fraction of sp³-hybridized carbons (Fsp3) is 0.500. The largest absolute Gasteiger partial charge is 0.323 e. The zero-order valence-corrected chi connectivity index (χ0v) is 10.9. The van der Waals surface area contributed by atoms with E-state index in [9.17, 15) is 21.6 Å². The molecule has 7 heteroatoms. The van der Waals surface area contributed by atoms with E-state index in [-0.39, 0.29) is 12.2 Å². The van der Waals surface area contributed by atoms with Crippen LogP contribution < -0.4 is 5.73 Å². The van der Waals surface area contributed by atoms with Crippen molar-refractivity contribution < 1.29 is 21.6 Å². The molecule has 0 saturated carbocycles. The summed E-state index contributed by atoms with van der Waals surface area (Å²) in [6.45, 7) is 0. The Labute approximate surface area is 109 Å². The van der Waals surface area contributed by atoms with Gasteiger partial charge in [0.25, 0.3) is 0 Å². The van der Waals surface area contributed by atoms with Gasteiger partial charge in [-0.3, -0.25) is 0 Å². The summed E-state index contributed by atoms with van der Waals surface area (Å²) in [7, 11) is -3.47. The van der Waals surface area contributed by atoms with Crippen LogP contribution in [-0.2, 0) is 9.84 Å². The molecule has 1 aromatic rings. The van der Waals surface area contributed by atoms with Crippen LogP contribution in [0.1, 0.15) is 30.9 Å². The van der Waals surface area contributed by atoms with Crippen LogP contribution in [0.2, 0.25) is 0 Å². The topological polar surface area (TPSA) is 60.2 Å². The molecule has 0 spiro atoms. The van der Waals surface area contributed by atoms with Crippen molar-refractivity contribution in [2.75, 3.05) is 5.75 Å². The maximum atomic E-state index is 13.6. The number of hydrogen-bond acceptors (Lipinski definition) is 3. The standard InChI is InChI=1S/C12H14F3NO2S/c13-7-5-8(14)11(9(15)6-7)12(16)10-3-1-2-4-19(10,17)18/h5-6,10,12H,1-4,16H2. The van der Waals surface area contributed by atoms with Crippen LogP contribution in [0, 0.1) is 17.5 Å². The lowest BCUT2D eigenvalue weighted by molar-refractivity contribution is 0.464. The predicted octanol–water partition coefficient (Wildman–Crippen LogP) is 2.07. The first kappa shape index (κ1) is 14.3. The zero-order valence-electron chi connectivity index (χ0n) is 10.1. The van der Waals surface area contributed by atoms with Crippen molar-refractivity contribution in [2.45, 2.75) is 30.6 Å². The van der Waals surface area contributed by atoms with Crippen molar-refractivity contribution in [3.8, 4) is 0 Å². The van der Waals surface area contributed by atoms with Gasteiger partial charge in [-0.15, -0.1) is 0 Å². The van der Waals surface area contributed by atoms with Crippen LogP contribution in [0.15, 0.2) is 12.1 Å². The average Bonchev–Trinajstić information content (AvgIpc) is 2.26. The molecule has 1 aliphatic rings. The Bertz CT molecular complexity index is 566. The first-order valence-corrected chi connectivity index (χ1v) is 7.66. The monoisotopic (exact) mass is 293 g/mol. The number of hydrogen-bond donors (Lipinski definition) is 1. The molecular formula is C12H14F3NO2S. The highest BCUT2D eigenvalue weighted by Gasteiger charge is 2.36. The van der Waals surface area contributed by atoms with Gasteiger partial charge in [0.1, 0.15) is 17.5 Å². The van der Waals surface area contributed by atoms with Crippen molar-refractivity contribution in [3.05, 3.63) is 35.1 Å². The Morgan fingerprint density at radius 2 is 1.74 bits per heavy atom. The summed E-state index contributed by atoms with van der Waals surface area (Å²) in [5.41, 5.74) is 5.16. The Morgan fingerprint density at radius 3 is 2.26 bits per heavy atom. The quantitative estimate of drug-likeness (QED) is 0.908. The summed E-state index contributed by atoms with van der Waals surface area (Å²) in [6.07, 6.45) is 1.43. The molecule has 2 atom stereocenters. The maximum absolute atomic E-state index is 13.6. The second-order valence-electron chi connectivity index (χ2n) is 4.71. The maximum Gasteiger partial charge on any atom is 0.155 e. The van der Waals surface area contributed by atoms with Crippen molar-refractivity contribution >= 4 is 9.84 Å². The van der Waals surface area contributed by atoms with Crippen LogP contribution in [-0.4, -0.2) is 19.4 Å². The normalized spacial score (nSPS) is 24.1. The van der Waals surface area contributed by atoms with Gasteiger partial charge in [0.05, 0.1) is 17.0 Å². The minimum atomic E-state index is -3.47. The summed E-state index contributed by atoms with van der Waals surface area (Å²) in [6, 6.07) is -0.299. The molecule has 1 aliphatic heterocycles. The molecule has 0 aliphatic carbocycles. The summed E-state index contributed by atoms with van der Waals surface area (Å²) in [5, 5.41) is -1.02. The second kappa shape index (κ2) is 5.13. The molecule has 3 nitrogen and oxygen atoms in total. The number of rotatable bonds is 2. The van der Waals surface area contributed by atoms with Gasteiger partial charge in [0.15, 0.2) is 9.84 Å². The highest BCUT2D eigenvalue weighted by molar-refractivity contribution is 7.92. The third-order valence-corrected chi connectivity index (χ3v) is 5.72. The van der Waals surface area contributed by atoms with Gasteiger partial charge in [-0.1, -0.05) is 6.42 Å². The SMILES string of the molecule is NC(c1c(F)cc(F)cc1F)C1CCCCS1(=O)=O. The van der Waals surface area contributed by atoms with E-state index in [4.69, 9.17) is 5.73 Å². The lowest BCUT2D eigenvalue weighted by Crippen LogP contribution is -2.38. The molecular weight excluding hydrogens is 279 g/mol. The number of nitrogens with two attached hydrogens (primary N) is 1. The first-order valence-electron chi connectivity index (χ1n) is 5.94. The van der Waals surface area contributed by atoms with Gasteiger partial charge in [-0.25, -0.2) is 21.6 Å². The van der Waals surface area contributed by atoms with E-state index in [2.05, 4.69) is 0 Å². The van der Waals surface area contributed by atoms with Crippen molar-refractivity contribution in [1.82, 2.24) is 0 Å². The third-order valence-electron chi connectivity index (χ3n) is 3.41. The third kappa shape index (κ3) is 2.76. The minimum absolute atomic E-state index is 0.0319. The Kier molecular flexibility index (Phi) is 3.87.